The summed E-state index contributed by atoms with van der Waals surface area (Å²) >= 11 is 0. The topological polar surface area (TPSA) is 9.23 Å². The molecule has 0 amide bonds. The van der Waals surface area contributed by atoms with Gasteiger partial charge in [-0.15, -0.1) is 6.58 Å². The summed E-state index contributed by atoms with van der Waals surface area (Å²) in [6, 6.07) is 0. The van der Waals surface area contributed by atoms with E-state index in [0.717, 1.165) is 26.1 Å². The molecule has 24 heavy (non-hydrogen) atoms. The molecular weight excluding hydrogens is 292 g/mol. The van der Waals surface area contributed by atoms with Gasteiger partial charge < -0.3 is 4.74 Å². The molecule has 0 saturated carbocycles. The highest BCUT2D eigenvalue weighted by Gasteiger charge is 2.19. The molecule has 0 aliphatic carbocycles. The van der Waals surface area contributed by atoms with E-state index in [9.17, 15) is 0 Å². The summed E-state index contributed by atoms with van der Waals surface area (Å²) in [6.45, 7) is 29.9. The molecule has 1 heterocycles. The van der Waals surface area contributed by atoms with Crippen LogP contribution in [0.15, 0.2) is 47.1 Å². The van der Waals surface area contributed by atoms with Crippen LogP contribution in [0, 0.1) is 5.92 Å². The predicted octanol–water partition coefficient (Wildman–Crippen LogP) is 7.91. The molecule has 1 aliphatic heterocycles. The van der Waals surface area contributed by atoms with Crippen molar-refractivity contribution in [1.82, 2.24) is 0 Å². The van der Waals surface area contributed by atoms with E-state index in [0.29, 0.717) is 5.92 Å². The molecule has 1 saturated heterocycles. The average molecular weight is 337 g/mol. The lowest BCUT2D eigenvalue weighted by atomic mass is 9.84. The zero-order valence-corrected chi connectivity index (χ0v) is 18.3. The van der Waals surface area contributed by atoms with Crippen LogP contribution in [0.1, 0.15) is 82.1 Å². The van der Waals surface area contributed by atoms with Gasteiger partial charge in [0, 0.05) is 13.2 Å². The van der Waals surface area contributed by atoms with Crippen LogP contribution in [-0.2, 0) is 4.74 Å². The minimum Gasteiger partial charge on any atom is -0.381 e. The molecule has 0 unspecified atom stereocenters. The molecule has 0 aromatic rings. The fourth-order valence-corrected chi connectivity index (χ4v) is 2.30. The maximum absolute atomic E-state index is 5.42. The first-order valence-electron chi connectivity index (χ1n) is 9.51. The van der Waals surface area contributed by atoms with Gasteiger partial charge in [0.1, 0.15) is 0 Å². The Bertz CT molecular complexity index is 386. The highest BCUT2D eigenvalue weighted by molar-refractivity contribution is 5.41. The Kier molecular flexibility index (Phi) is 21.1. The van der Waals surface area contributed by atoms with Crippen molar-refractivity contribution in [2.75, 3.05) is 13.2 Å². The van der Waals surface area contributed by atoms with Gasteiger partial charge in [-0.2, -0.15) is 0 Å². The molecule has 1 rings (SSSR count). The van der Waals surface area contributed by atoms with Crippen LogP contribution in [0.4, 0.5) is 0 Å². The summed E-state index contributed by atoms with van der Waals surface area (Å²) in [5, 5.41) is 0. The Morgan fingerprint density at radius 1 is 0.833 bits per heavy atom. The zero-order chi connectivity index (χ0) is 19.7. The van der Waals surface area contributed by atoms with Crippen LogP contribution in [-0.4, -0.2) is 13.2 Å². The van der Waals surface area contributed by atoms with E-state index in [1.807, 2.05) is 41.5 Å². The van der Waals surface area contributed by atoms with Crippen molar-refractivity contribution in [3.05, 3.63) is 47.1 Å². The fourth-order valence-electron chi connectivity index (χ4n) is 2.30. The van der Waals surface area contributed by atoms with Gasteiger partial charge in [-0.1, -0.05) is 51.5 Å². The highest BCUT2D eigenvalue weighted by Crippen LogP contribution is 2.31. The van der Waals surface area contributed by atoms with Crippen molar-refractivity contribution in [3.8, 4) is 0 Å². The lowest BCUT2D eigenvalue weighted by Crippen LogP contribution is -2.18. The average Bonchev–Trinajstić information content (AvgIpc) is 2.58. The minimum atomic E-state index is 0.674. The molecule has 0 bridgehead atoms. The molecule has 0 spiro atoms. The Morgan fingerprint density at radius 2 is 1.21 bits per heavy atom. The van der Waals surface area contributed by atoms with E-state index in [1.165, 1.54) is 27.9 Å². The molecule has 0 radical (unpaired) electrons. The van der Waals surface area contributed by atoms with Crippen LogP contribution in [0.5, 0.6) is 0 Å². The van der Waals surface area contributed by atoms with Gasteiger partial charge in [0.15, 0.2) is 0 Å². The van der Waals surface area contributed by atoms with E-state index in [2.05, 4.69) is 46.9 Å². The smallest absolute Gasteiger partial charge is 0.0471 e. The SMILES string of the molecule is C=C(C)/C(C)=C(C)\C(=C/C)C1CCOCC1.C=C(C)C.CC.CC. The molecule has 0 aromatic carbocycles. The van der Waals surface area contributed by atoms with Crippen molar-refractivity contribution in [3.63, 3.8) is 0 Å². The molecule has 1 heteroatoms. The van der Waals surface area contributed by atoms with Gasteiger partial charge >= 0.3 is 0 Å². The van der Waals surface area contributed by atoms with Gasteiger partial charge in [-0.05, 0) is 77.0 Å². The van der Waals surface area contributed by atoms with Gasteiger partial charge in [0.05, 0.1) is 0 Å². The maximum atomic E-state index is 5.42. The van der Waals surface area contributed by atoms with Gasteiger partial charge in [0.25, 0.3) is 0 Å². The first kappa shape index (κ1) is 27.8. The second kappa shape index (κ2) is 18.3. The molecular formula is C23H44O. The number of allylic oxidation sites excluding steroid dienone is 6. The van der Waals surface area contributed by atoms with E-state index in [4.69, 9.17) is 4.74 Å². The first-order chi connectivity index (χ1) is 11.3. The molecule has 1 nitrogen and oxygen atoms in total. The van der Waals surface area contributed by atoms with Crippen LogP contribution in [0.25, 0.3) is 0 Å². The van der Waals surface area contributed by atoms with Crippen LogP contribution in [0.2, 0.25) is 0 Å². The molecule has 1 aliphatic rings. The summed E-state index contributed by atoms with van der Waals surface area (Å²) in [7, 11) is 0. The number of rotatable bonds is 3. The molecule has 1 fully saturated rings. The summed E-state index contributed by atoms with van der Waals surface area (Å²) in [4.78, 5) is 0. The van der Waals surface area contributed by atoms with Crippen molar-refractivity contribution < 1.29 is 4.74 Å². The molecule has 0 N–H and O–H groups in total. The third-order valence-corrected chi connectivity index (χ3v) is 3.61. The largest absolute Gasteiger partial charge is 0.381 e. The minimum absolute atomic E-state index is 0.674. The maximum Gasteiger partial charge on any atom is 0.0471 e. The summed E-state index contributed by atoms with van der Waals surface area (Å²) in [6.07, 6.45) is 4.57. The Morgan fingerprint density at radius 3 is 1.50 bits per heavy atom. The van der Waals surface area contributed by atoms with Crippen LogP contribution >= 0.6 is 0 Å². The Balaban J connectivity index is -0.000000471. The van der Waals surface area contributed by atoms with Gasteiger partial charge in [-0.25, -0.2) is 0 Å². The van der Waals surface area contributed by atoms with E-state index < -0.39 is 0 Å². The predicted molar refractivity (Wildman–Crippen MR) is 114 cm³/mol. The zero-order valence-electron chi connectivity index (χ0n) is 18.3. The summed E-state index contributed by atoms with van der Waals surface area (Å²) < 4.78 is 5.42. The van der Waals surface area contributed by atoms with Crippen molar-refractivity contribution >= 4 is 0 Å². The molecule has 0 aromatic heterocycles. The van der Waals surface area contributed by atoms with E-state index in [-0.39, 0.29) is 0 Å². The molecule has 0 atom stereocenters. The monoisotopic (exact) mass is 336 g/mol. The van der Waals surface area contributed by atoms with E-state index in [1.54, 1.807) is 0 Å². The highest BCUT2D eigenvalue weighted by atomic mass is 16.5. The number of hydrogen-bond acceptors (Lipinski definition) is 1. The Labute approximate surface area is 153 Å². The van der Waals surface area contributed by atoms with E-state index >= 15 is 0 Å². The summed E-state index contributed by atoms with van der Waals surface area (Å²) in [5.74, 6) is 0.674. The molecule has 142 valence electrons. The normalized spacial score (nSPS) is 15.3. The second-order valence-electron chi connectivity index (χ2n) is 5.87. The van der Waals surface area contributed by atoms with Crippen molar-refractivity contribution in [1.29, 1.82) is 0 Å². The third kappa shape index (κ3) is 13.4. The van der Waals surface area contributed by atoms with Crippen molar-refractivity contribution in [2.45, 2.75) is 82.1 Å². The quantitative estimate of drug-likeness (QED) is 0.376. The van der Waals surface area contributed by atoms with Gasteiger partial charge in [0.2, 0.25) is 0 Å². The lowest BCUT2D eigenvalue weighted by Gasteiger charge is -2.26. The lowest BCUT2D eigenvalue weighted by molar-refractivity contribution is 0.0762. The number of ether oxygens (including phenoxy) is 1. The Hall–Kier alpha value is -1.08. The van der Waals surface area contributed by atoms with Crippen LogP contribution in [0.3, 0.4) is 0 Å². The van der Waals surface area contributed by atoms with Gasteiger partial charge in [-0.3, -0.25) is 0 Å². The fraction of sp³-hybridized carbons (Fsp3) is 0.652. The second-order valence-corrected chi connectivity index (χ2v) is 5.87. The van der Waals surface area contributed by atoms with Crippen molar-refractivity contribution in [2.24, 2.45) is 5.92 Å². The standard InChI is InChI=1S/C15H24O.C4H8.2C2H6/c1-6-15(13(5)12(4)11(2)3)14-7-9-16-10-8-14;1-4(2)3;2*1-2/h6,14H,2,7-10H2,1,3-5H3;1H2,2-3H3;2*1-2H3/b13-12-,15-6+;;;. The number of hydrogen-bond donors (Lipinski definition) is 0. The van der Waals surface area contributed by atoms with Crippen LogP contribution < -0.4 is 0 Å². The summed E-state index contributed by atoms with van der Waals surface area (Å²) in [5.41, 5.74) is 6.56. The first-order valence-corrected chi connectivity index (χ1v) is 9.51. The third-order valence-electron chi connectivity index (χ3n) is 3.61.